The summed E-state index contributed by atoms with van der Waals surface area (Å²) in [5.41, 5.74) is 8.02. The Kier molecular flexibility index (Phi) is 4.18. The van der Waals surface area contributed by atoms with Gasteiger partial charge < -0.3 is 4.74 Å². The largest absolute Gasteiger partial charge is 0.372 e. The van der Waals surface area contributed by atoms with Crippen molar-refractivity contribution < 1.29 is 4.74 Å². The van der Waals surface area contributed by atoms with Gasteiger partial charge in [-0.2, -0.15) is 0 Å². The third-order valence-corrected chi connectivity index (χ3v) is 5.19. The zero-order valence-corrected chi connectivity index (χ0v) is 12.5. The monoisotopic (exact) mass is 358 g/mol. The van der Waals surface area contributed by atoms with E-state index in [1.165, 1.54) is 24.8 Å². The third-order valence-electron chi connectivity index (χ3n) is 3.96. The predicted molar refractivity (Wildman–Crippen MR) is 80.2 cm³/mol. The Bertz CT molecular complexity index is 387. The van der Waals surface area contributed by atoms with E-state index in [9.17, 15) is 0 Å². The number of hydrogen-bond acceptors (Lipinski definition) is 3. The lowest BCUT2D eigenvalue weighted by Gasteiger charge is -2.33. The van der Waals surface area contributed by atoms with Crippen LogP contribution in [-0.2, 0) is 11.3 Å². The summed E-state index contributed by atoms with van der Waals surface area (Å²) in [4.78, 5) is 0. The molecular formula is C14H19IN2O. The lowest BCUT2D eigenvalue weighted by atomic mass is 9.84. The van der Waals surface area contributed by atoms with Gasteiger partial charge in [-0.15, -0.1) is 0 Å². The summed E-state index contributed by atoms with van der Waals surface area (Å²) in [6, 6.07) is 10.9. The van der Waals surface area contributed by atoms with Gasteiger partial charge in [-0.25, -0.2) is 5.43 Å². The molecule has 1 aromatic rings. The molecule has 2 aliphatic rings. The lowest BCUT2D eigenvalue weighted by Crippen LogP contribution is -2.45. The van der Waals surface area contributed by atoms with Crippen LogP contribution in [0.2, 0.25) is 0 Å². The molecule has 1 aromatic carbocycles. The molecule has 4 heteroatoms. The van der Waals surface area contributed by atoms with Gasteiger partial charge in [0.2, 0.25) is 0 Å². The molecular weight excluding hydrogens is 339 g/mol. The van der Waals surface area contributed by atoms with Gasteiger partial charge in [0.25, 0.3) is 0 Å². The van der Waals surface area contributed by atoms with E-state index in [4.69, 9.17) is 4.74 Å². The van der Waals surface area contributed by atoms with Crippen LogP contribution in [0.5, 0.6) is 0 Å². The molecule has 0 spiro atoms. The normalized spacial score (nSPS) is 35.4. The molecule has 0 aromatic heterocycles. The third kappa shape index (κ3) is 2.71. The van der Waals surface area contributed by atoms with E-state index in [-0.39, 0.29) is 0 Å². The van der Waals surface area contributed by atoms with Crippen molar-refractivity contribution in [3.63, 3.8) is 0 Å². The fourth-order valence-corrected chi connectivity index (χ4v) is 3.95. The van der Waals surface area contributed by atoms with Crippen LogP contribution in [0.3, 0.4) is 0 Å². The number of ether oxygens (including phenoxy) is 1. The van der Waals surface area contributed by atoms with Gasteiger partial charge in [0.05, 0.1) is 22.8 Å². The first-order valence-electron chi connectivity index (χ1n) is 6.65. The number of fused-ring (bicyclic) bond motifs is 1. The summed E-state index contributed by atoms with van der Waals surface area (Å²) in [6.45, 7) is 0.725. The molecule has 3 nitrogen and oxygen atoms in total. The highest BCUT2D eigenvalue weighted by molar-refractivity contribution is 14.1. The van der Waals surface area contributed by atoms with Crippen molar-refractivity contribution in [1.82, 2.24) is 10.9 Å². The molecule has 0 radical (unpaired) electrons. The molecule has 3 rings (SSSR count). The van der Waals surface area contributed by atoms with Crippen molar-refractivity contribution in [2.24, 2.45) is 5.92 Å². The van der Waals surface area contributed by atoms with Crippen molar-refractivity contribution in [2.75, 3.05) is 0 Å². The summed E-state index contributed by atoms with van der Waals surface area (Å²) >= 11 is 2.49. The van der Waals surface area contributed by atoms with Crippen molar-refractivity contribution in [3.8, 4) is 0 Å². The Labute approximate surface area is 122 Å². The molecule has 0 bridgehead atoms. The predicted octanol–water partition coefficient (Wildman–Crippen LogP) is 2.61. The number of hydrogen-bond donors (Lipinski definition) is 2. The Balaban J connectivity index is 1.59. The topological polar surface area (TPSA) is 33.3 Å². The summed E-state index contributed by atoms with van der Waals surface area (Å²) < 4.78 is 6.66. The summed E-state index contributed by atoms with van der Waals surface area (Å²) in [5, 5.41) is 0. The number of nitrogens with one attached hydrogen (secondary N) is 2. The number of hydrazine groups is 1. The molecule has 1 aliphatic carbocycles. The van der Waals surface area contributed by atoms with Crippen LogP contribution in [0.25, 0.3) is 0 Å². The van der Waals surface area contributed by atoms with Crippen LogP contribution in [-0.4, -0.2) is 16.2 Å². The molecule has 4 unspecified atom stereocenters. The van der Waals surface area contributed by atoms with Crippen molar-refractivity contribution in [3.05, 3.63) is 35.9 Å². The highest BCUT2D eigenvalue weighted by Gasteiger charge is 2.41. The summed E-state index contributed by atoms with van der Waals surface area (Å²) in [5.74, 6) is 0.708. The van der Waals surface area contributed by atoms with Gasteiger partial charge >= 0.3 is 0 Å². The number of halogens is 1. The maximum atomic E-state index is 6.13. The van der Waals surface area contributed by atoms with Gasteiger partial charge in [0, 0.05) is 5.92 Å². The van der Waals surface area contributed by atoms with Crippen molar-refractivity contribution in [1.29, 1.82) is 0 Å². The van der Waals surface area contributed by atoms with Crippen molar-refractivity contribution >= 4 is 22.6 Å². The van der Waals surface area contributed by atoms with E-state index in [0.717, 1.165) is 6.61 Å². The minimum absolute atomic E-state index is 0.344. The quantitative estimate of drug-likeness (QED) is 0.495. The van der Waals surface area contributed by atoms with E-state index >= 15 is 0 Å². The lowest BCUT2D eigenvalue weighted by molar-refractivity contribution is -0.0127. The van der Waals surface area contributed by atoms with Crippen LogP contribution in [0, 0.1) is 5.92 Å². The first kappa shape index (κ1) is 12.8. The Morgan fingerprint density at radius 3 is 2.83 bits per heavy atom. The number of rotatable bonds is 3. The van der Waals surface area contributed by atoms with Gasteiger partial charge in [-0.1, -0.05) is 59.3 Å². The first-order chi connectivity index (χ1) is 8.84. The second-order valence-electron chi connectivity index (χ2n) is 5.15. The van der Waals surface area contributed by atoms with E-state index in [0.29, 0.717) is 22.1 Å². The highest BCUT2D eigenvalue weighted by Crippen LogP contribution is 2.34. The summed E-state index contributed by atoms with van der Waals surface area (Å²) in [6.07, 6.45) is 4.11. The average Bonchev–Trinajstić information content (AvgIpc) is 2.80. The van der Waals surface area contributed by atoms with E-state index in [1.807, 2.05) is 6.07 Å². The van der Waals surface area contributed by atoms with Crippen LogP contribution in [0.4, 0.5) is 0 Å². The fourth-order valence-electron chi connectivity index (χ4n) is 2.97. The van der Waals surface area contributed by atoms with E-state index in [1.54, 1.807) is 0 Å². The zero-order chi connectivity index (χ0) is 12.4. The van der Waals surface area contributed by atoms with Gasteiger partial charge in [-0.3, -0.25) is 5.43 Å². The first-order valence-corrected chi connectivity index (χ1v) is 7.90. The smallest absolute Gasteiger partial charge is 0.0771 e. The molecule has 1 saturated heterocycles. The average molecular weight is 358 g/mol. The van der Waals surface area contributed by atoms with Gasteiger partial charge in [0.1, 0.15) is 0 Å². The molecule has 1 aliphatic heterocycles. The number of alkyl halides is 1. The van der Waals surface area contributed by atoms with Crippen molar-refractivity contribution in [2.45, 2.75) is 42.1 Å². The summed E-state index contributed by atoms with van der Waals surface area (Å²) in [7, 11) is 0. The molecule has 4 atom stereocenters. The Morgan fingerprint density at radius 2 is 2.00 bits per heavy atom. The fraction of sp³-hybridized carbons (Fsp3) is 0.571. The molecule has 1 heterocycles. The second-order valence-corrected chi connectivity index (χ2v) is 6.49. The SMILES string of the molecule is IC1NNC2C(OCc3ccccc3)CCCC12. The van der Waals surface area contributed by atoms with Gasteiger partial charge in [-0.05, 0) is 18.4 Å². The highest BCUT2D eigenvalue weighted by atomic mass is 127. The number of benzene rings is 1. The molecule has 2 N–H and O–H groups in total. The Hall–Kier alpha value is -0.170. The zero-order valence-electron chi connectivity index (χ0n) is 10.3. The minimum Gasteiger partial charge on any atom is -0.372 e. The molecule has 18 heavy (non-hydrogen) atoms. The second kappa shape index (κ2) is 5.86. The molecule has 1 saturated carbocycles. The molecule has 98 valence electrons. The van der Waals surface area contributed by atoms with Crippen LogP contribution in [0.15, 0.2) is 30.3 Å². The van der Waals surface area contributed by atoms with Crippen LogP contribution in [0.1, 0.15) is 24.8 Å². The standard InChI is InChI=1S/C14H19IN2O/c15-14-11-7-4-8-12(13(11)16-17-14)18-9-10-5-2-1-3-6-10/h1-3,5-6,11-14,16-17H,4,7-9H2. The van der Waals surface area contributed by atoms with Crippen LogP contribution < -0.4 is 10.9 Å². The van der Waals surface area contributed by atoms with Gasteiger partial charge in [0.15, 0.2) is 0 Å². The Morgan fingerprint density at radius 1 is 1.17 bits per heavy atom. The maximum Gasteiger partial charge on any atom is 0.0771 e. The van der Waals surface area contributed by atoms with E-state index < -0.39 is 0 Å². The minimum atomic E-state index is 0.344. The molecule has 0 amide bonds. The maximum absolute atomic E-state index is 6.13. The molecule has 2 fully saturated rings. The van der Waals surface area contributed by atoms with E-state index in [2.05, 4.69) is 57.7 Å². The van der Waals surface area contributed by atoms with Crippen LogP contribution >= 0.6 is 22.6 Å².